The van der Waals surface area contributed by atoms with Crippen molar-refractivity contribution >= 4 is 11.3 Å². The highest BCUT2D eigenvalue weighted by Gasteiger charge is 2.22. The first-order valence-electron chi connectivity index (χ1n) is 5.06. The summed E-state index contributed by atoms with van der Waals surface area (Å²) in [7, 11) is 0. The maximum absolute atomic E-state index is 9.49. The van der Waals surface area contributed by atoms with Gasteiger partial charge in [-0.05, 0) is 12.5 Å². The lowest BCUT2D eigenvalue weighted by Crippen LogP contribution is -2.22. The van der Waals surface area contributed by atoms with Crippen LogP contribution in [0.25, 0.3) is 5.52 Å². The molecule has 1 saturated heterocycles. The van der Waals surface area contributed by atoms with Crippen LogP contribution in [-0.4, -0.2) is 38.9 Å². The molecule has 5 heteroatoms. The lowest BCUT2D eigenvalue weighted by Gasteiger charge is -2.16. The van der Waals surface area contributed by atoms with Crippen molar-refractivity contribution in [3.05, 3.63) is 24.7 Å². The summed E-state index contributed by atoms with van der Waals surface area (Å²) in [6, 6.07) is 1.94. The SMILES string of the molecule is OC1CCN(c2nccn3nccc23)C1. The van der Waals surface area contributed by atoms with E-state index in [-0.39, 0.29) is 6.10 Å². The third kappa shape index (κ3) is 1.35. The summed E-state index contributed by atoms with van der Waals surface area (Å²) in [5, 5.41) is 13.6. The fraction of sp³-hybridized carbons (Fsp3) is 0.400. The van der Waals surface area contributed by atoms with Crippen molar-refractivity contribution in [2.24, 2.45) is 0 Å². The van der Waals surface area contributed by atoms with Crippen molar-refractivity contribution in [3.8, 4) is 0 Å². The third-order valence-electron chi connectivity index (χ3n) is 2.77. The largest absolute Gasteiger partial charge is 0.391 e. The Morgan fingerprint density at radius 2 is 2.33 bits per heavy atom. The highest BCUT2D eigenvalue weighted by Crippen LogP contribution is 2.22. The summed E-state index contributed by atoms with van der Waals surface area (Å²) >= 11 is 0. The molecule has 2 aromatic rings. The summed E-state index contributed by atoms with van der Waals surface area (Å²) in [5.74, 6) is 0.909. The van der Waals surface area contributed by atoms with Crippen LogP contribution in [0.4, 0.5) is 5.82 Å². The normalized spacial score (nSPS) is 21.4. The standard InChI is InChI=1S/C10H12N4O/c15-8-2-5-13(7-8)10-9-1-3-12-14(9)6-4-11-10/h1,3-4,6,8,15H,2,5,7H2. The monoisotopic (exact) mass is 204 g/mol. The lowest BCUT2D eigenvalue weighted by atomic mass is 10.3. The molecule has 3 rings (SSSR count). The van der Waals surface area contributed by atoms with Crippen molar-refractivity contribution in [1.29, 1.82) is 0 Å². The fourth-order valence-corrected chi connectivity index (χ4v) is 2.02. The highest BCUT2D eigenvalue weighted by molar-refractivity contribution is 5.68. The van der Waals surface area contributed by atoms with E-state index in [0.717, 1.165) is 24.3 Å². The van der Waals surface area contributed by atoms with E-state index >= 15 is 0 Å². The molecule has 3 heterocycles. The van der Waals surface area contributed by atoms with Crippen LogP contribution in [0.3, 0.4) is 0 Å². The van der Waals surface area contributed by atoms with Crippen LogP contribution in [-0.2, 0) is 0 Å². The van der Waals surface area contributed by atoms with Gasteiger partial charge in [0.05, 0.1) is 12.3 Å². The molecule has 78 valence electrons. The first kappa shape index (κ1) is 8.67. The van der Waals surface area contributed by atoms with Gasteiger partial charge in [0.1, 0.15) is 5.52 Å². The molecule has 0 radical (unpaired) electrons. The number of hydrogen-bond donors (Lipinski definition) is 1. The average molecular weight is 204 g/mol. The Labute approximate surface area is 87.0 Å². The molecule has 1 unspecified atom stereocenters. The van der Waals surface area contributed by atoms with E-state index in [2.05, 4.69) is 15.0 Å². The summed E-state index contributed by atoms with van der Waals surface area (Å²) in [6.45, 7) is 1.52. The minimum Gasteiger partial charge on any atom is -0.391 e. The van der Waals surface area contributed by atoms with Crippen LogP contribution in [0, 0.1) is 0 Å². The van der Waals surface area contributed by atoms with E-state index in [0.29, 0.717) is 6.54 Å². The molecule has 1 fully saturated rings. The van der Waals surface area contributed by atoms with Gasteiger partial charge in [-0.1, -0.05) is 0 Å². The second-order valence-electron chi connectivity index (χ2n) is 3.80. The smallest absolute Gasteiger partial charge is 0.154 e. The van der Waals surface area contributed by atoms with Crippen LogP contribution in [0.15, 0.2) is 24.7 Å². The molecular formula is C10H12N4O. The Balaban J connectivity index is 2.06. The molecule has 2 aromatic heterocycles. The van der Waals surface area contributed by atoms with Gasteiger partial charge in [-0.25, -0.2) is 9.50 Å². The zero-order valence-electron chi connectivity index (χ0n) is 8.24. The van der Waals surface area contributed by atoms with E-state index in [1.807, 2.05) is 12.3 Å². The molecule has 0 spiro atoms. The van der Waals surface area contributed by atoms with Crippen molar-refractivity contribution in [2.75, 3.05) is 18.0 Å². The first-order chi connectivity index (χ1) is 7.34. The number of aliphatic hydroxyl groups excluding tert-OH is 1. The second-order valence-corrected chi connectivity index (χ2v) is 3.80. The van der Waals surface area contributed by atoms with Crippen LogP contribution < -0.4 is 4.90 Å². The van der Waals surface area contributed by atoms with Gasteiger partial charge in [0.25, 0.3) is 0 Å². The Morgan fingerprint density at radius 3 is 3.13 bits per heavy atom. The van der Waals surface area contributed by atoms with Gasteiger partial charge in [-0.15, -0.1) is 0 Å². The van der Waals surface area contributed by atoms with Gasteiger partial charge in [0.15, 0.2) is 5.82 Å². The maximum Gasteiger partial charge on any atom is 0.154 e. The minimum absolute atomic E-state index is 0.227. The van der Waals surface area contributed by atoms with Gasteiger partial charge in [-0.3, -0.25) is 0 Å². The molecule has 5 nitrogen and oxygen atoms in total. The van der Waals surface area contributed by atoms with Gasteiger partial charge in [0, 0.05) is 25.5 Å². The number of anilines is 1. The summed E-state index contributed by atoms with van der Waals surface area (Å²) in [6.07, 6.45) is 5.91. The van der Waals surface area contributed by atoms with Gasteiger partial charge >= 0.3 is 0 Å². The van der Waals surface area contributed by atoms with E-state index < -0.39 is 0 Å². The third-order valence-corrected chi connectivity index (χ3v) is 2.77. The molecule has 0 aromatic carbocycles. The predicted molar refractivity (Wildman–Crippen MR) is 55.8 cm³/mol. The molecule has 0 amide bonds. The molecule has 0 bridgehead atoms. The Bertz CT molecular complexity index is 481. The number of nitrogens with zero attached hydrogens (tertiary/aromatic N) is 4. The number of aromatic nitrogens is 3. The summed E-state index contributed by atoms with van der Waals surface area (Å²) in [4.78, 5) is 6.45. The first-order valence-corrected chi connectivity index (χ1v) is 5.06. The highest BCUT2D eigenvalue weighted by atomic mass is 16.3. The van der Waals surface area contributed by atoms with Crippen molar-refractivity contribution in [1.82, 2.24) is 14.6 Å². The molecule has 1 N–H and O–H groups in total. The fourth-order valence-electron chi connectivity index (χ4n) is 2.02. The van der Waals surface area contributed by atoms with Crippen molar-refractivity contribution < 1.29 is 5.11 Å². The second kappa shape index (κ2) is 3.20. The zero-order chi connectivity index (χ0) is 10.3. The average Bonchev–Trinajstić information content (AvgIpc) is 2.84. The Kier molecular flexibility index (Phi) is 1.85. The molecule has 1 atom stereocenters. The number of β-amino-alcohol motifs (C(OH)–C–C–N with tert-alkyl or cyclic N) is 1. The number of fused-ring (bicyclic) bond motifs is 1. The summed E-state index contributed by atoms with van der Waals surface area (Å²) in [5.41, 5.74) is 0.992. The van der Waals surface area contributed by atoms with E-state index in [4.69, 9.17) is 0 Å². The molecule has 0 saturated carbocycles. The maximum atomic E-state index is 9.49. The number of rotatable bonds is 1. The molecule has 0 aliphatic carbocycles. The van der Waals surface area contributed by atoms with Crippen molar-refractivity contribution in [3.63, 3.8) is 0 Å². The van der Waals surface area contributed by atoms with E-state index in [9.17, 15) is 5.11 Å². The minimum atomic E-state index is -0.227. The molecule has 1 aliphatic rings. The van der Waals surface area contributed by atoms with Gasteiger partial charge in [-0.2, -0.15) is 5.10 Å². The van der Waals surface area contributed by atoms with Crippen LogP contribution in [0.5, 0.6) is 0 Å². The van der Waals surface area contributed by atoms with Crippen LogP contribution >= 0.6 is 0 Å². The van der Waals surface area contributed by atoms with Crippen molar-refractivity contribution in [2.45, 2.75) is 12.5 Å². The molecular weight excluding hydrogens is 192 g/mol. The van der Waals surface area contributed by atoms with Gasteiger partial charge < -0.3 is 10.0 Å². The van der Waals surface area contributed by atoms with Crippen LogP contribution in [0.1, 0.15) is 6.42 Å². The predicted octanol–water partition coefficient (Wildman–Crippen LogP) is 0.300. The molecule has 1 aliphatic heterocycles. The Morgan fingerprint density at radius 1 is 1.40 bits per heavy atom. The molecule has 15 heavy (non-hydrogen) atoms. The van der Waals surface area contributed by atoms with Crippen LogP contribution in [0.2, 0.25) is 0 Å². The van der Waals surface area contributed by atoms with E-state index in [1.54, 1.807) is 16.9 Å². The summed E-state index contributed by atoms with van der Waals surface area (Å²) < 4.78 is 1.80. The zero-order valence-corrected chi connectivity index (χ0v) is 8.24. The topological polar surface area (TPSA) is 53.7 Å². The number of hydrogen-bond acceptors (Lipinski definition) is 4. The quantitative estimate of drug-likeness (QED) is 0.726. The Hall–Kier alpha value is -1.62. The number of aliphatic hydroxyl groups is 1. The van der Waals surface area contributed by atoms with E-state index in [1.165, 1.54) is 0 Å². The lowest BCUT2D eigenvalue weighted by molar-refractivity contribution is 0.198. The van der Waals surface area contributed by atoms with Gasteiger partial charge in [0.2, 0.25) is 0 Å².